The van der Waals surface area contributed by atoms with Gasteiger partial charge in [-0.2, -0.15) is 0 Å². The van der Waals surface area contributed by atoms with E-state index in [1.807, 2.05) is 6.92 Å². The Bertz CT molecular complexity index is 708. The molecule has 2 aromatic rings. The van der Waals surface area contributed by atoms with E-state index in [0.717, 1.165) is 5.01 Å². The molecule has 2 N–H and O–H groups in total. The lowest BCUT2D eigenvalue weighted by atomic mass is 10.1. The first kappa shape index (κ1) is 14.2. The van der Waals surface area contributed by atoms with Gasteiger partial charge in [-0.25, -0.2) is 9.78 Å². The van der Waals surface area contributed by atoms with Crippen LogP contribution >= 0.6 is 11.3 Å². The molecule has 1 aromatic heterocycles. The average Bonchev–Trinajstić information content (AvgIpc) is 2.66. The van der Waals surface area contributed by atoms with Gasteiger partial charge in [-0.15, -0.1) is 11.3 Å². The Balaban J connectivity index is 2.57. The number of fused-ring (bicyclic) bond motifs is 1. The van der Waals surface area contributed by atoms with Crippen molar-refractivity contribution in [3.05, 3.63) is 27.3 Å². The van der Waals surface area contributed by atoms with Gasteiger partial charge >= 0.3 is 5.97 Å². The molecule has 0 radical (unpaired) electrons. The van der Waals surface area contributed by atoms with Gasteiger partial charge in [-0.05, 0) is 26.8 Å². The number of hydrogen-bond acceptors (Lipinski definition) is 6. The van der Waals surface area contributed by atoms with Crippen molar-refractivity contribution in [2.75, 3.05) is 5.32 Å². The van der Waals surface area contributed by atoms with E-state index < -0.39 is 16.4 Å². The fourth-order valence-electron chi connectivity index (χ4n) is 1.72. The monoisotopic (exact) mass is 295 g/mol. The number of aromatic nitrogens is 1. The Kier molecular flexibility index (Phi) is 3.34. The quantitative estimate of drug-likeness (QED) is 0.663. The summed E-state index contributed by atoms with van der Waals surface area (Å²) in [7, 11) is 0. The lowest BCUT2D eigenvalue weighted by Gasteiger charge is -2.22. The highest BCUT2D eigenvalue weighted by atomic mass is 32.1. The Morgan fingerprint density at radius 2 is 2.15 bits per heavy atom. The topological polar surface area (TPSA) is 105 Å². The zero-order valence-corrected chi connectivity index (χ0v) is 11.9. The number of carbonyl (C=O) groups is 1. The van der Waals surface area contributed by atoms with Gasteiger partial charge in [0.25, 0.3) is 5.69 Å². The van der Waals surface area contributed by atoms with Crippen LogP contribution in [0.1, 0.15) is 18.9 Å². The first-order valence-electron chi connectivity index (χ1n) is 5.78. The highest BCUT2D eigenvalue weighted by Gasteiger charge is 2.30. The molecule has 0 atom stereocenters. The lowest BCUT2D eigenvalue weighted by Crippen LogP contribution is -2.40. The zero-order chi connectivity index (χ0) is 15.1. The molecule has 0 aliphatic carbocycles. The van der Waals surface area contributed by atoms with Gasteiger partial charge in [-0.1, -0.05) is 0 Å². The minimum absolute atomic E-state index is 0.153. The molecule has 0 spiro atoms. The van der Waals surface area contributed by atoms with Crippen molar-refractivity contribution in [3.8, 4) is 0 Å². The number of nitrogens with one attached hydrogen (secondary N) is 1. The summed E-state index contributed by atoms with van der Waals surface area (Å²) >= 11 is 1.36. The number of nitrogens with zero attached hydrogens (tertiary/aromatic N) is 2. The highest BCUT2D eigenvalue weighted by Crippen LogP contribution is 2.34. The molecule has 8 heteroatoms. The summed E-state index contributed by atoms with van der Waals surface area (Å²) < 4.78 is 0.702. The van der Waals surface area contributed by atoms with E-state index in [0.29, 0.717) is 10.2 Å². The van der Waals surface area contributed by atoms with E-state index in [4.69, 9.17) is 5.11 Å². The third kappa shape index (κ3) is 2.55. The van der Waals surface area contributed by atoms with Crippen LogP contribution in [0.15, 0.2) is 12.1 Å². The third-order valence-electron chi connectivity index (χ3n) is 2.79. The van der Waals surface area contributed by atoms with Crippen LogP contribution in [-0.4, -0.2) is 26.5 Å². The number of rotatable bonds is 4. The van der Waals surface area contributed by atoms with Crippen LogP contribution in [0.3, 0.4) is 0 Å². The van der Waals surface area contributed by atoms with Crippen molar-refractivity contribution in [2.45, 2.75) is 26.3 Å². The van der Waals surface area contributed by atoms with E-state index in [1.54, 1.807) is 0 Å². The van der Waals surface area contributed by atoms with Gasteiger partial charge in [0.05, 0.1) is 20.1 Å². The first-order valence-corrected chi connectivity index (χ1v) is 6.59. The Labute approximate surface area is 118 Å². The number of anilines is 1. The van der Waals surface area contributed by atoms with Crippen LogP contribution < -0.4 is 5.32 Å². The second-order valence-corrected chi connectivity index (χ2v) is 6.12. The molecule has 1 aromatic carbocycles. The summed E-state index contributed by atoms with van der Waals surface area (Å²) in [5, 5.41) is 23.7. The highest BCUT2D eigenvalue weighted by molar-refractivity contribution is 7.18. The maximum Gasteiger partial charge on any atom is 0.328 e. The molecule has 20 heavy (non-hydrogen) atoms. The van der Waals surface area contributed by atoms with Gasteiger partial charge in [0.2, 0.25) is 0 Å². The van der Waals surface area contributed by atoms with Crippen LogP contribution in [0.5, 0.6) is 0 Å². The van der Waals surface area contributed by atoms with E-state index in [-0.39, 0.29) is 11.4 Å². The summed E-state index contributed by atoms with van der Waals surface area (Å²) in [6, 6.07) is 2.93. The van der Waals surface area contributed by atoms with Crippen LogP contribution in [0.4, 0.5) is 11.4 Å². The summed E-state index contributed by atoms with van der Waals surface area (Å²) in [6.07, 6.45) is 0. The predicted octanol–water partition coefficient (Wildman–Crippen LogP) is 2.79. The standard InChI is InChI=1S/C12H13N3O4S/c1-6-13-8-4-7(14-12(2,3)11(16)17)9(15(18)19)5-10(8)20-6/h4-5,14H,1-3H3,(H,16,17). The third-order valence-corrected chi connectivity index (χ3v) is 3.72. The molecular weight excluding hydrogens is 282 g/mol. The number of nitro groups is 1. The summed E-state index contributed by atoms with van der Waals surface area (Å²) in [6.45, 7) is 4.69. The minimum atomic E-state index is -1.32. The number of aliphatic carboxylic acids is 1. The number of aryl methyl sites for hydroxylation is 1. The molecule has 1 heterocycles. The molecule has 0 saturated carbocycles. The molecular formula is C12H13N3O4S. The molecule has 0 unspecified atom stereocenters. The molecule has 0 amide bonds. The zero-order valence-electron chi connectivity index (χ0n) is 11.1. The van der Waals surface area contributed by atoms with Crippen LogP contribution in [0, 0.1) is 17.0 Å². The van der Waals surface area contributed by atoms with Crippen LogP contribution in [-0.2, 0) is 4.79 Å². The van der Waals surface area contributed by atoms with Crippen molar-refractivity contribution >= 4 is 38.9 Å². The molecule has 7 nitrogen and oxygen atoms in total. The van der Waals surface area contributed by atoms with Gasteiger partial charge in [-0.3, -0.25) is 10.1 Å². The molecule has 0 bridgehead atoms. The Hall–Kier alpha value is -2.22. The van der Waals surface area contributed by atoms with Crippen molar-refractivity contribution in [2.24, 2.45) is 0 Å². The molecule has 0 saturated heterocycles. The lowest BCUT2D eigenvalue weighted by molar-refractivity contribution is -0.383. The van der Waals surface area contributed by atoms with Crippen molar-refractivity contribution in [3.63, 3.8) is 0 Å². The fraction of sp³-hybridized carbons (Fsp3) is 0.333. The molecule has 0 aliphatic rings. The number of carboxylic acid groups (broad SMARTS) is 1. The molecule has 0 fully saturated rings. The first-order chi connectivity index (χ1) is 9.20. The molecule has 106 valence electrons. The normalized spacial score (nSPS) is 11.6. The van der Waals surface area contributed by atoms with E-state index >= 15 is 0 Å². The number of nitro benzene ring substituents is 1. The predicted molar refractivity (Wildman–Crippen MR) is 76.3 cm³/mol. The number of thiazole rings is 1. The second kappa shape index (κ2) is 4.71. The van der Waals surface area contributed by atoms with E-state index in [9.17, 15) is 14.9 Å². The van der Waals surface area contributed by atoms with Crippen molar-refractivity contribution in [1.29, 1.82) is 0 Å². The fourth-order valence-corrected chi connectivity index (χ4v) is 2.56. The van der Waals surface area contributed by atoms with Crippen molar-refractivity contribution < 1.29 is 14.8 Å². The summed E-state index contributed by atoms with van der Waals surface area (Å²) in [5.41, 5.74) is -0.707. The molecule has 2 rings (SSSR count). The van der Waals surface area contributed by atoms with Crippen LogP contribution in [0.2, 0.25) is 0 Å². The maximum absolute atomic E-state index is 11.1. The van der Waals surface area contributed by atoms with Gasteiger partial charge in [0.1, 0.15) is 11.2 Å². The molecule has 0 aliphatic heterocycles. The van der Waals surface area contributed by atoms with E-state index in [1.165, 1.54) is 37.3 Å². The minimum Gasteiger partial charge on any atom is -0.480 e. The van der Waals surface area contributed by atoms with Crippen molar-refractivity contribution in [1.82, 2.24) is 4.98 Å². The van der Waals surface area contributed by atoms with Crippen LogP contribution in [0.25, 0.3) is 10.2 Å². The SMILES string of the molecule is Cc1nc2cc(NC(C)(C)C(=O)O)c([N+](=O)[O-])cc2s1. The van der Waals surface area contributed by atoms with E-state index in [2.05, 4.69) is 10.3 Å². The Morgan fingerprint density at radius 1 is 1.50 bits per heavy atom. The summed E-state index contributed by atoms with van der Waals surface area (Å²) in [4.78, 5) is 26.0. The summed E-state index contributed by atoms with van der Waals surface area (Å²) in [5.74, 6) is -1.10. The largest absolute Gasteiger partial charge is 0.480 e. The number of hydrogen-bond donors (Lipinski definition) is 2. The van der Waals surface area contributed by atoms with Gasteiger partial charge in [0, 0.05) is 6.07 Å². The van der Waals surface area contributed by atoms with Gasteiger partial charge < -0.3 is 10.4 Å². The van der Waals surface area contributed by atoms with Gasteiger partial charge in [0.15, 0.2) is 0 Å². The number of carboxylic acids is 1. The smallest absolute Gasteiger partial charge is 0.328 e. The maximum atomic E-state index is 11.1. The Morgan fingerprint density at radius 3 is 2.70 bits per heavy atom. The number of benzene rings is 1. The second-order valence-electron chi connectivity index (χ2n) is 4.88. The average molecular weight is 295 g/mol.